The summed E-state index contributed by atoms with van der Waals surface area (Å²) in [6.07, 6.45) is 1.59. The molecule has 4 aromatic rings. The Hall–Kier alpha value is -4.99. The van der Waals surface area contributed by atoms with Gasteiger partial charge in [0.05, 0.1) is 11.4 Å². The Morgan fingerprint density at radius 2 is 1.70 bits per heavy atom. The van der Waals surface area contributed by atoms with Crippen LogP contribution in [0.15, 0.2) is 112 Å². The largest absolute Gasteiger partial charge is 2.00 e. The number of likely N-dealkylation sites (tertiary alicyclic amines) is 1. The molecule has 7 rings (SSSR count). The van der Waals surface area contributed by atoms with Crippen molar-refractivity contribution >= 4 is 29.2 Å². The Labute approximate surface area is 281 Å². The van der Waals surface area contributed by atoms with E-state index in [0.717, 1.165) is 18.5 Å². The molecule has 0 amide bonds. The minimum Gasteiger partial charge on any atom is -0.861 e. The third-order valence-corrected chi connectivity index (χ3v) is 8.49. The molecule has 0 saturated carbocycles. The first-order valence-electron chi connectivity index (χ1n) is 15.1. The van der Waals surface area contributed by atoms with Crippen molar-refractivity contribution in [3.05, 3.63) is 125 Å². The quantitative estimate of drug-likeness (QED) is 0.163. The maximum Gasteiger partial charge on any atom is 2.00 e. The Morgan fingerprint density at radius 3 is 2.47 bits per heavy atom. The van der Waals surface area contributed by atoms with Crippen molar-refractivity contribution in [3.8, 4) is 11.5 Å². The molecule has 11 heteroatoms. The van der Waals surface area contributed by atoms with Crippen LogP contribution in [0.5, 0.6) is 11.5 Å². The van der Waals surface area contributed by atoms with Crippen LogP contribution < -0.4 is 19.7 Å². The third kappa shape index (κ3) is 6.37. The summed E-state index contributed by atoms with van der Waals surface area (Å²) in [7, 11) is 0. The van der Waals surface area contributed by atoms with E-state index >= 15 is 0 Å². The number of fused-ring (bicyclic) bond motifs is 3. The number of nitrogens with zero attached hydrogens (tertiary/aromatic N) is 4. The number of hydrogen-bond donors (Lipinski definition) is 1. The summed E-state index contributed by atoms with van der Waals surface area (Å²) in [6, 6.07) is 26.6. The molecule has 3 aliphatic rings. The minimum absolute atomic E-state index is 0. The van der Waals surface area contributed by atoms with Crippen LogP contribution in [0, 0.1) is 0 Å². The summed E-state index contributed by atoms with van der Waals surface area (Å²) in [5.74, 6) is -1.42. The van der Waals surface area contributed by atoms with Crippen LogP contribution in [0.2, 0.25) is 0 Å². The van der Waals surface area contributed by atoms with Crippen molar-refractivity contribution in [2.75, 3.05) is 13.3 Å². The summed E-state index contributed by atoms with van der Waals surface area (Å²) in [5.41, 5.74) is 3.56. The summed E-state index contributed by atoms with van der Waals surface area (Å²) >= 11 is 0. The average molecular weight is 673 g/mol. The third-order valence-electron chi connectivity index (χ3n) is 8.49. The van der Waals surface area contributed by atoms with Gasteiger partial charge in [0.25, 0.3) is 0 Å². The van der Waals surface area contributed by atoms with Crippen LogP contribution in [0.1, 0.15) is 46.7 Å². The number of aliphatic carboxylic acids is 1. The van der Waals surface area contributed by atoms with Crippen molar-refractivity contribution in [1.82, 2.24) is 4.90 Å². The molecule has 0 spiro atoms. The van der Waals surface area contributed by atoms with E-state index in [2.05, 4.69) is 14.9 Å². The topological polar surface area (TPSA) is 142 Å². The predicted octanol–water partition coefficient (Wildman–Crippen LogP) is 3.62. The van der Waals surface area contributed by atoms with Crippen LogP contribution in [-0.2, 0) is 27.8 Å². The fraction of sp³-hybridized carbons (Fsp3) is 0.222. The summed E-state index contributed by atoms with van der Waals surface area (Å²) in [4.78, 5) is 28.6. The number of hydrogen-bond acceptors (Lipinski definition) is 9. The smallest absolute Gasteiger partial charge is 0.861 e. The molecule has 3 heterocycles. The molecule has 3 atom stereocenters. The van der Waals surface area contributed by atoms with Crippen LogP contribution in [0.25, 0.3) is 0 Å². The number of carboxylic acid groups (broad SMARTS) is 1. The summed E-state index contributed by atoms with van der Waals surface area (Å²) in [5, 5.41) is 37.2. The molecule has 0 bridgehead atoms. The Morgan fingerprint density at radius 1 is 0.979 bits per heavy atom. The van der Waals surface area contributed by atoms with Gasteiger partial charge < -0.3 is 24.8 Å². The molecule has 4 aromatic carbocycles. The van der Waals surface area contributed by atoms with Gasteiger partial charge in [-0.25, -0.2) is 4.79 Å². The molecule has 3 aliphatic heterocycles. The van der Waals surface area contributed by atoms with Crippen LogP contribution in [0.3, 0.4) is 0 Å². The molecule has 1 fully saturated rings. The van der Waals surface area contributed by atoms with Crippen LogP contribution >= 0.6 is 0 Å². The Kier molecular flexibility index (Phi) is 9.38. The zero-order chi connectivity index (χ0) is 31.6. The van der Waals surface area contributed by atoms with Crippen LogP contribution in [0.4, 0.5) is 5.69 Å². The zero-order valence-corrected chi connectivity index (χ0v) is 26.1. The molecular weight excluding hydrogens is 643 g/mol. The van der Waals surface area contributed by atoms with E-state index < -0.39 is 24.0 Å². The van der Waals surface area contributed by atoms with Crippen molar-refractivity contribution in [1.29, 1.82) is 0 Å². The van der Waals surface area contributed by atoms with Gasteiger partial charge in [0, 0.05) is 29.3 Å². The number of ether oxygens (including phenoxy) is 2. The first-order chi connectivity index (χ1) is 22.5. The average Bonchev–Trinajstić information content (AvgIpc) is 3.82. The van der Waals surface area contributed by atoms with Crippen molar-refractivity contribution in [2.45, 2.75) is 37.5 Å². The van der Waals surface area contributed by atoms with E-state index in [1.165, 1.54) is 0 Å². The second-order valence-corrected chi connectivity index (χ2v) is 11.4. The van der Waals surface area contributed by atoms with Gasteiger partial charge in [0.2, 0.25) is 6.79 Å². The van der Waals surface area contributed by atoms with Crippen molar-refractivity contribution < 1.29 is 46.1 Å². The second-order valence-electron chi connectivity index (χ2n) is 11.4. The zero-order valence-electron chi connectivity index (χ0n) is 25.1. The van der Waals surface area contributed by atoms with Gasteiger partial charge in [0.15, 0.2) is 17.5 Å². The number of aliphatic imine (C=N–C) groups is 3. The van der Waals surface area contributed by atoms with E-state index in [4.69, 9.17) is 14.5 Å². The van der Waals surface area contributed by atoms with Crippen molar-refractivity contribution in [3.63, 3.8) is 0 Å². The van der Waals surface area contributed by atoms with E-state index in [1.807, 2.05) is 60.7 Å². The molecule has 0 aliphatic carbocycles. The normalized spacial score (nSPS) is 19.5. The van der Waals surface area contributed by atoms with Gasteiger partial charge in [-0.1, -0.05) is 84.9 Å². The standard InChI is InChI=1S/C36H32N4O6.Ni/c41-34(27-16-9-19-40(27)20-22-10-3-1-4-11-22)37-26-15-8-7-14-24(26)30(23-12-5-2-6-13-23)38-32(36(43)44)31-25-17-18-28-33(46-21-45-28)29(25)35(42)39-31;/h1-8,10-15,17-18,27,31-32H,9,16,19-21H2,(H,37,41)(H,39,42)(H,43,44);/q;+2/p-2. The summed E-state index contributed by atoms with van der Waals surface area (Å²) < 4.78 is 10.9. The van der Waals surface area contributed by atoms with Gasteiger partial charge in [-0.2, -0.15) is 0 Å². The second kappa shape index (κ2) is 13.8. The maximum atomic E-state index is 13.7. The van der Waals surface area contributed by atoms with E-state index in [1.54, 1.807) is 36.4 Å². The Bertz CT molecular complexity index is 1860. The number of benzene rings is 4. The van der Waals surface area contributed by atoms with Gasteiger partial charge in [-0.15, -0.1) is 0 Å². The van der Waals surface area contributed by atoms with Crippen LogP contribution in [-0.4, -0.2) is 58.9 Å². The molecule has 0 radical (unpaired) electrons. The molecule has 47 heavy (non-hydrogen) atoms. The molecule has 0 aromatic heterocycles. The maximum absolute atomic E-state index is 13.7. The molecular formula is C36H30N4NiO6. The minimum atomic E-state index is -1.46. The molecule has 240 valence electrons. The predicted molar refractivity (Wildman–Crippen MR) is 169 cm³/mol. The fourth-order valence-electron chi connectivity index (χ4n) is 6.33. The summed E-state index contributed by atoms with van der Waals surface area (Å²) in [6.45, 7) is 1.41. The number of carbonyl (C=O) groups is 1. The van der Waals surface area contributed by atoms with Crippen molar-refractivity contribution in [2.24, 2.45) is 15.0 Å². The SMILES string of the molecule is O=C(O)C(N=C(c1ccccc1)c1ccccc1N=C([O-])C1CCCN1Cc1ccccc1)C1N=C([O-])c2c1ccc1c2OCO1.[Ni+2]. The number of carboxylic acids is 1. The molecule has 1 N–H and O–H groups in total. The Balaban J connectivity index is 0.00000386. The number of para-hydroxylation sites is 1. The molecule has 10 nitrogen and oxygen atoms in total. The fourth-order valence-corrected chi connectivity index (χ4v) is 6.33. The van der Waals surface area contributed by atoms with Gasteiger partial charge in [-0.3, -0.25) is 19.9 Å². The van der Waals surface area contributed by atoms with Gasteiger partial charge in [0.1, 0.15) is 6.04 Å². The molecule has 1 saturated heterocycles. The number of rotatable bonds is 9. The molecule has 3 unspecified atom stereocenters. The van der Waals surface area contributed by atoms with E-state index in [-0.39, 0.29) is 46.5 Å². The van der Waals surface area contributed by atoms with Gasteiger partial charge in [-0.05, 0) is 54.4 Å². The monoisotopic (exact) mass is 672 g/mol. The van der Waals surface area contributed by atoms with E-state index in [9.17, 15) is 20.1 Å². The first-order valence-corrected chi connectivity index (χ1v) is 15.1. The van der Waals surface area contributed by atoms with Gasteiger partial charge >= 0.3 is 22.5 Å². The first kappa shape index (κ1) is 32.0. The van der Waals surface area contributed by atoms with E-state index in [0.29, 0.717) is 46.8 Å².